The maximum absolute atomic E-state index is 12.7. The lowest BCUT2D eigenvalue weighted by molar-refractivity contribution is 0.402. The molecule has 0 aliphatic heterocycles. The second-order valence-electron chi connectivity index (χ2n) is 7.02. The number of anilines is 2. The third-order valence-corrected chi connectivity index (χ3v) is 6.23. The van der Waals surface area contributed by atoms with Gasteiger partial charge in [-0.15, -0.1) is 0 Å². The van der Waals surface area contributed by atoms with E-state index in [0.29, 0.717) is 17.5 Å². The van der Waals surface area contributed by atoms with Crippen LogP contribution in [0.3, 0.4) is 0 Å². The summed E-state index contributed by atoms with van der Waals surface area (Å²) in [7, 11) is -2.30. The Balaban J connectivity index is 1.71. The van der Waals surface area contributed by atoms with Crippen LogP contribution >= 0.6 is 0 Å². The van der Waals surface area contributed by atoms with Crippen molar-refractivity contribution in [2.45, 2.75) is 56.4 Å². The first kappa shape index (κ1) is 19.5. The highest BCUT2D eigenvalue weighted by Crippen LogP contribution is 2.27. The first-order chi connectivity index (χ1) is 13.0. The third kappa shape index (κ3) is 5.13. The number of sulfonamides is 1. The van der Waals surface area contributed by atoms with Crippen LogP contribution < -0.4 is 14.8 Å². The lowest BCUT2D eigenvalue weighted by atomic mass is 10.1. The van der Waals surface area contributed by atoms with Crippen molar-refractivity contribution < 1.29 is 13.2 Å². The summed E-state index contributed by atoms with van der Waals surface area (Å²) in [6, 6.07) is 9.05. The van der Waals surface area contributed by atoms with Gasteiger partial charge in [0.1, 0.15) is 16.5 Å². The molecule has 146 valence electrons. The van der Waals surface area contributed by atoms with Gasteiger partial charge in [0, 0.05) is 6.04 Å². The van der Waals surface area contributed by atoms with Crippen molar-refractivity contribution in [3.63, 3.8) is 0 Å². The minimum Gasteiger partial charge on any atom is -0.495 e. The first-order valence-electron chi connectivity index (χ1n) is 9.38. The van der Waals surface area contributed by atoms with Gasteiger partial charge in [-0.1, -0.05) is 31.7 Å². The van der Waals surface area contributed by atoms with E-state index in [0.717, 1.165) is 24.2 Å². The highest BCUT2D eigenvalue weighted by molar-refractivity contribution is 7.92. The molecule has 3 rings (SSSR count). The molecule has 0 amide bonds. The van der Waals surface area contributed by atoms with E-state index >= 15 is 0 Å². The number of nitrogens with one attached hydrogen (secondary N) is 2. The Labute approximate surface area is 161 Å². The standard InChI is InChI=1S/C20H27N3O3S/c1-15-9-11-18(26-2)19(13-15)27(24,25)23-17-10-12-20(21-14-17)22-16-7-5-3-4-6-8-16/h9-14,16,23H,3-8H2,1-2H3,(H,21,22). The normalized spacial score (nSPS) is 15.8. The van der Waals surface area contributed by atoms with Crippen molar-refractivity contribution >= 4 is 21.5 Å². The molecular formula is C20H27N3O3S. The summed E-state index contributed by atoms with van der Waals surface area (Å²) in [5.41, 5.74) is 1.27. The number of ether oxygens (including phenoxy) is 1. The summed E-state index contributed by atoms with van der Waals surface area (Å²) in [5.74, 6) is 1.09. The summed E-state index contributed by atoms with van der Waals surface area (Å²) in [6.07, 6.45) is 8.94. The van der Waals surface area contributed by atoms with Gasteiger partial charge in [0.2, 0.25) is 0 Å². The first-order valence-corrected chi connectivity index (χ1v) is 10.9. The lowest BCUT2D eigenvalue weighted by Crippen LogP contribution is -2.19. The molecule has 0 saturated heterocycles. The number of benzene rings is 1. The minimum atomic E-state index is -3.76. The van der Waals surface area contributed by atoms with Crippen molar-refractivity contribution in [3.8, 4) is 5.75 Å². The zero-order valence-corrected chi connectivity index (χ0v) is 16.7. The Bertz CT molecular complexity index is 859. The van der Waals surface area contributed by atoms with Crippen molar-refractivity contribution in [1.82, 2.24) is 4.98 Å². The predicted octanol–water partition coefficient (Wildman–Crippen LogP) is 4.33. The van der Waals surface area contributed by atoms with E-state index in [1.165, 1.54) is 32.8 Å². The molecule has 7 heteroatoms. The SMILES string of the molecule is COc1ccc(C)cc1S(=O)(=O)Nc1ccc(NC2CCCCCC2)nc1. The fourth-order valence-corrected chi connectivity index (χ4v) is 4.67. The molecule has 2 N–H and O–H groups in total. The molecule has 1 aliphatic rings. The zero-order valence-electron chi connectivity index (χ0n) is 15.9. The summed E-state index contributed by atoms with van der Waals surface area (Å²) in [5, 5.41) is 3.46. The van der Waals surface area contributed by atoms with Crippen LogP contribution in [-0.4, -0.2) is 26.6 Å². The molecule has 6 nitrogen and oxygen atoms in total. The number of hydrogen-bond donors (Lipinski definition) is 2. The highest BCUT2D eigenvalue weighted by atomic mass is 32.2. The Hall–Kier alpha value is -2.28. The van der Waals surface area contributed by atoms with Gasteiger partial charge in [0.05, 0.1) is 19.0 Å². The van der Waals surface area contributed by atoms with E-state index in [-0.39, 0.29) is 4.90 Å². The van der Waals surface area contributed by atoms with Gasteiger partial charge in [-0.05, 0) is 49.6 Å². The Morgan fingerprint density at radius 1 is 1.07 bits per heavy atom. The van der Waals surface area contributed by atoms with E-state index in [2.05, 4.69) is 15.0 Å². The van der Waals surface area contributed by atoms with Crippen LogP contribution in [0.1, 0.15) is 44.1 Å². The van der Waals surface area contributed by atoms with Crippen LogP contribution in [0.4, 0.5) is 11.5 Å². The van der Waals surface area contributed by atoms with Gasteiger partial charge in [0.15, 0.2) is 0 Å². The van der Waals surface area contributed by atoms with Gasteiger partial charge in [-0.3, -0.25) is 4.72 Å². The average Bonchev–Trinajstić information content (AvgIpc) is 2.92. The molecule has 0 bridgehead atoms. The number of methoxy groups -OCH3 is 1. The molecule has 0 unspecified atom stereocenters. The molecule has 1 aromatic heterocycles. The molecule has 1 fully saturated rings. The van der Waals surface area contributed by atoms with Gasteiger partial charge >= 0.3 is 0 Å². The Morgan fingerprint density at radius 3 is 2.44 bits per heavy atom. The monoisotopic (exact) mass is 389 g/mol. The molecule has 1 aliphatic carbocycles. The van der Waals surface area contributed by atoms with Crippen LogP contribution in [0, 0.1) is 6.92 Å². The highest BCUT2D eigenvalue weighted by Gasteiger charge is 2.20. The maximum atomic E-state index is 12.7. The third-order valence-electron chi connectivity index (χ3n) is 4.83. The number of aryl methyl sites for hydroxylation is 1. The number of hydrogen-bond acceptors (Lipinski definition) is 5. The molecule has 0 atom stereocenters. The van der Waals surface area contributed by atoms with E-state index in [1.54, 1.807) is 24.4 Å². The van der Waals surface area contributed by atoms with Crippen LogP contribution in [0.2, 0.25) is 0 Å². The number of rotatable bonds is 6. The quantitative estimate of drug-likeness (QED) is 0.719. The van der Waals surface area contributed by atoms with Crippen LogP contribution in [0.15, 0.2) is 41.4 Å². The molecule has 0 spiro atoms. The van der Waals surface area contributed by atoms with Crippen molar-refractivity contribution in [3.05, 3.63) is 42.1 Å². The van der Waals surface area contributed by atoms with E-state index in [4.69, 9.17) is 4.74 Å². The fourth-order valence-electron chi connectivity index (χ4n) is 3.38. The predicted molar refractivity (Wildman–Crippen MR) is 108 cm³/mol. The maximum Gasteiger partial charge on any atom is 0.265 e. The van der Waals surface area contributed by atoms with Crippen LogP contribution in [0.5, 0.6) is 5.75 Å². The van der Waals surface area contributed by atoms with Gasteiger partial charge in [-0.2, -0.15) is 0 Å². The molecule has 1 saturated carbocycles. The second kappa shape index (κ2) is 8.61. The van der Waals surface area contributed by atoms with Gasteiger partial charge in [0.25, 0.3) is 10.0 Å². The van der Waals surface area contributed by atoms with Crippen LogP contribution in [-0.2, 0) is 10.0 Å². The topological polar surface area (TPSA) is 80.3 Å². The number of pyridine rings is 1. The molecule has 2 aromatic rings. The van der Waals surface area contributed by atoms with Crippen molar-refractivity contribution in [2.24, 2.45) is 0 Å². The van der Waals surface area contributed by atoms with Crippen molar-refractivity contribution in [1.29, 1.82) is 0 Å². The van der Waals surface area contributed by atoms with E-state index < -0.39 is 10.0 Å². The zero-order chi connectivity index (χ0) is 19.3. The number of aromatic nitrogens is 1. The summed E-state index contributed by atoms with van der Waals surface area (Å²) >= 11 is 0. The Morgan fingerprint density at radius 2 is 1.81 bits per heavy atom. The van der Waals surface area contributed by atoms with Gasteiger partial charge < -0.3 is 10.1 Å². The van der Waals surface area contributed by atoms with E-state index in [9.17, 15) is 8.42 Å². The second-order valence-corrected chi connectivity index (χ2v) is 8.68. The lowest BCUT2D eigenvalue weighted by Gasteiger charge is -2.17. The average molecular weight is 390 g/mol. The number of nitrogens with zero attached hydrogens (tertiary/aromatic N) is 1. The fraction of sp³-hybridized carbons (Fsp3) is 0.450. The van der Waals surface area contributed by atoms with Crippen LogP contribution in [0.25, 0.3) is 0 Å². The molecular weight excluding hydrogens is 362 g/mol. The molecule has 1 aromatic carbocycles. The smallest absolute Gasteiger partial charge is 0.265 e. The molecule has 0 radical (unpaired) electrons. The minimum absolute atomic E-state index is 0.116. The summed E-state index contributed by atoms with van der Waals surface area (Å²) < 4.78 is 33.3. The van der Waals surface area contributed by atoms with Crippen molar-refractivity contribution in [2.75, 3.05) is 17.1 Å². The summed E-state index contributed by atoms with van der Waals surface area (Å²) in [4.78, 5) is 4.49. The van der Waals surface area contributed by atoms with Gasteiger partial charge in [-0.25, -0.2) is 13.4 Å². The van der Waals surface area contributed by atoms with E-state index in [1.807, 2.05) is 19.1 Å². The molecule has 27 heavy (non-hydrogen) atoms. The largest absolute Gasteiger partial charge is 0.495 e. The Kier molecular flexibility index (Phi) is 6.21. The summed E-state index contributed by atoms with van der Waals surface area (Å²) in [6.45, 7) is 1.84. The molecule has 1 heterocycles.